The molecule has 3 aromatic rings. The Morgan fingerprint density at radius 1 is 1.39 bits per heavy atom. The molecule has 7 nitrogen and oxygen atoms in total. The first kappa shape index (κ1) is 10.9. The van der Waals surface area contributed by atoms with Crippen LogP contribution in [-0.2, 0) is 0 Å². The van der Waals surface area contributed by atoms with E-state index >= 15 is 0 Å². The van der Waals surface area contributed by atoms with Crippen LogP contribution in [0.4, 0.5) is 10.8 Å². The number of nitrogen functional groups attached to an aromatic ring is 1. The molecule has 0 unspecified atom stereocenters. The molecular weight excluding hydrogens is 250 g/mol. The van der Waals surface area contributed by atoms with Crippen LogP contribution >= 0.6 is 11.5 Å². The lowest BCUT2D eigenvalue weighted by Gasteiger charge is -1.98. The molecule has 0 radical (unpaired) electrons. The van der Waals surface area contributed by atoms with Crippen LogP contribution in [0.2, 0.25) is 0 Å². The van der Waals surface area contributed by atoms with Crippen LogP contribution in [0.1, 0.15) is 5.69 Å². The molecule has 0 aliphatic rings. The minimum atomic E-state index is 0.394. The summed E-state index contributed by atoms with van der Waals surface area (Å²) in [6, 6.07) is 0. The van der Waals surface area contributed by atoms with E-state index in [2.05, 4.69) is 29.6 Å². The van der Waals surface area contributed by atoms with Crippen molar-refractivity contribution < 1.29 is 0 Å². The first-order valence-electron chi connectivity index (χ1n) is 5.31. The normalized spacial score (nSPS) is 11.0. The Balaban J connectivity index is 2.26. The fourth-order valence-corrected chi connectivity index (χ4v) is 2.53. The highest BCUT2D eigenvalue weighted by Gasteiger charge is 2.17. The van der Waals surface area contributed by atoms with Crippen molar-refractivity contribution in [1.29, 1.82) is 0 Å². The Bertz CT molecular complexity index is 714. The highest BCUT2D eigenvalue weighted by atomic mass is 32.1. The Labute approximate surface area is 107 Å². The number of imidazole rings is 1. The number of nitrogens with two attached hydrogens (primary N) is 1. The molecule has 3 rings (SSSR count). The van der Waals surface area contributed by atoms with Crippen molar-refractivity contribution in [2.75, 3.05) is 18.1 Å². The zero-order valence-corrected chi connectivity index (χ0v) is 10.7. The van der Waals surface area contributed by atoms with E-state index in [0.29, 0.717) is 22.8 Å². The molecule has 0 saturated carbocycles. The average Bonchev–Trinajstić information content (AvgIpc) is 2.92. The number of hydrogen-bond acceptors (Lipinski definition) is 7. The van der Waals surface area contributed by atoms with Gasteiger partial charge in [0, 0.05) is 7.05 Å². The van der Waals surface area contributed by atoms with E-state index in [4.69, 9.17) is 5.73 Å². The number of nitrogens with zero attached hydrogens (tertiary/aromatic N) is 4. The highest BCUT2D eigenvalue weighted by molar-refractivity contribution is 7.10. The second-order valence-corrected chi connectivity index (χ2v) is 4.54. The van der Waals surface area contributed by atoms with Gasteiger partial charge in [-0.15, -0.1) is 0 Å². The van der Waals surface area contributed by atoms with E-state index < -0.39 is 0 Å². The van der Waals surface area contributed by atoms with Crippen LogP contribution in [0, 0.1) is 6.92 Å². The van der Waals surface area contributed by atoms with Crippen molar-refractivity contribution in [2.24, 2.45) is 0 Å². The lowest BCUT2D eigenvalue weighted by atomic mass is 10.2. The van der Waals surface area contributed by atoms with Gasteiger partial charge in [0.1, 0.15) is 22.7 Å². The molecule has 8 heteroatoms. The van der Waals surface area contributed by atoms with Crippen molar-refractivity contribution in [3.8, 4) is 11.4 Å². The standard InChI is InChI=1S/C10H11N7S/c1-4-5(10(12-2)18-17-4)8-15-6-7(11)13-3-14-9(6)16-8/h3,12H,1-2H3,(H3,11,13,14,15,16). The molecule has 0 saturated heterocycles. The van der Waals surface area contributed by atoms with Gasteiger partial charge in [0.15, 0.2) is 11.5 Å². The van der Waals surface area contributed by atoms with Crippen LogP contribution in [0.3, 0.4) is 0 Å². The molecule has 0 aromatic carbocycles. The van der Waals surface area contributed by atoms with Gasteiger partial charge in [0.05, 0.1) is 11.3 Å². The SMILES string of the molecule is CNc1snc(C)c1-c1nc2ncnc(N)c2[nH]1. The summed E-state index contributed by atoms with van der Waals surface area (Å²) in [4.78, 5) is 15.6. The quantitative estimate of drug-likeness (QED) is 0.644. The maximum atomic E-state index is 5.78. The van der Waals surface area contributed by atoms with Crippen molar-refractivity contribution >= 4 is 33.5 Å². The largest absolute Gasteiger partial charge is 0.382 e. The van der Waals surface area contributed by atoms with E-state index in [0.717, 1.165) is 16.3 Å². The molecule has 3 heterocycles. The Hall–Kier alpha value is -2.22. The van der Waals surface area contributed by atoms with Crippen LogP contribution in [0.25, 0.3) is 22.6 Å². The van der Waals surface area contributed by atoms with Gasteiger partial charge in [-0.1, -0.05) is 0 Å². The predicted molar refractivity (Wildman–Crippen MR) is 71.5 cm³/mol. The number of aryl methyl sites for hydroxylation is 1. The summed E-state index contributed by atoms with van der Waals surface area (Å²) in [5, 5.41) is 4.06. The van der Waals surface area contributed by atoms with E-state index in [1.165, 1.54) is 17.9 Å². The molecule has 18 heavy (non-hydrogen) atoms. The summed E-state index contributed by atoms with van der Waals surface area (Å²) in [6.07, 6.45) is 1.40. The number of aromatic nitrogens is 5. The van der Waals surface area contributed by atoms with Crippen LogP contribution in [0.5, 0.6) is 0 Å². The first-order chi connectivity index (χ1) is 8.70. The number of hydrogen-bond donors (Lipinski definition) is 3. The maximum Gasteiger partial charge on any atom is 0.183 e. The zero-order valence-electron chi connectivity index (χ0n) is 9.85. The molecule has 0 atom stereocenters. The monoisotopic (exact) mass is 261 g/mol. The van der Waals surface area contributed by atoms with Gasteiger partial charge in [-0.25, -0.2) is 15.0 Å². The second kappa shape index (κ2) is 3.91. The van der Waals surface area contributed by atoms with Crippen molar-refractivity contribution in [3.05, 3.63) is 12.0 Å². The summed E-state index contributed by atoms with van der Waals surface area (Å²) in [6.45, 7) is 1.94. The number of rotatable bonds is 2. The summed E-state index contributed by atoms with van der Waals surface area (Å²) in [7, 11) is 1.85. The first-order valence-corrected chi connectivity index (χ1v) is 6.08. The molecular formula is C10H11N7S. The van der Waals surface area contributed by atoms with E-state index in [9.17, 15) is 0 Å². The predicted octanol–water partition coefficient (Wildman–Crippen LogP) is 1.41. The van der Waals surface area contributed by atoms with Gasteiger partial charge < -0.3 is 16.0 Å². The number of aromatic amines is 1. The minimum absolute atomic E-state index is 0.394. The topological polar surface area (TPSA) is 105 Å². The van der Waals surface area contributed by atoms with Gasteiger partial charge >= 0.3 is 0 Å². The maximum absolute atomic E-state index is 5.78. The molecule has 0 bridgehead atoms. The van der Waals surface area contributed by atoms with E-state index in [1.54, 1.807) is 0 Å². The molecule has 92 valence electrons. The highest BCUT2D eigenvalue weighted by Crippen LogP contribution is 2.33. The fourth-order valence-electron chi connectivity index (χ4n) is 1.78. The molecule has 0 aliphatic carbocycles. The fraction of sp³-hybridized carbons (Fsp3) is 0.200. The zero-order chi connectivity index (χ0) is 12.7. The van der Waals surface area contributed by atoms with E-state index in [-0.39, 0.29) is 0 Å². The van der Waals surface area contributed by atoms with Crippen molar-refractivity contribution in [3.63, 3.8) is 0 Å². The van der Waals surface area contributed by atoms with Crippen LogP contribution in [0.15, 0.2) is 6.33 Å². The number of anilines is 2. The number of nitrogens with one attached hydrogen (secondary N) is 2. The smallest absolute Gasteiger partial charge is 0.183 e. The summed E-state index contributed by atoms with van der Waals surface area (Å²) in [5.41, 5.74) is 8.85. The third kappa shape index (κ3) is 1.50. The molecule has 3 aromatic heterocycles. The lowest BCUT2D eigenvalue weighted by Crippen LogP contribution is -1.92. The van der Waals surface area contributed by atoms with Crippen molar-refractivity contribution in [1.82, 2.24) is 24.3 Å². The third-order valence-electron chi connectivity index (χ3n) is 2.64. The van der Waals surface area contributed by atoms with Crippen LogP contribution < -0.4 is 11.1 Å². The van der Waals surface area contributed by atoms with Gasteiger partial charge in [-0.2, -0.15) is 4.37 Å². The Kier molecular flexibility index (Phi) is 2.37. The van der Waals surface area contributed by atoms with Gasteiger partial charge in [0.2, 0.25) is 0 Å². The molecule has 0 spiro atoms. The second-order valence-electron chi connectivity index (χ2n) is 3.77. The number of H-pyrrole nitrogens is 1. The summed E-state index contributed by atoms with van der Waals surface area (Å²) in [5.74, 6) is 1.10. The molecule has 0 amide bonds. The summed E-state index contributed by atoms with van der Waals surface area (Å²) >= 11 is 1.40. The van der Waals surface area contributed by atoms with Gasteiger partial charge in [0.25, 0.3) is 0 Å². The van der Waals surface area contributed by atoms with Crippen molar-refractivity contribution in [2.45, 2.75) is 6.92 Å². The average molecular weight is 261 g/mol. The van der Waals surface area contributed by atoms with Gasteiger partial charge in [-0.3, -0.25) is 0 Å². The molecule has 0 aliphatic heterocycles. The minimum Gasteiger partial charge on any atom is -0.382 e. The third-order valence-corrected chi connectivity index (χ3v) is 3.60. The van der Waals surface area contributed by atoms with E-state index in [1.807, 2.05) is 14.0 Å². The Morgan fingerprint density at radius 3 is 2.94 bits per heavy atom. The summed E-state index contributed by atoms with van der Waals surface area (Å²) < 4.78 is 4.31. The van der Waals surface area contributed by atoms with Gasteiger partial charge in [-0.05, 0) is 18.5 Å². The lowest BCUT2D eigenvalue weighted by molar-refractivity contribution is 1.21. The Morgan fingerprint density at radius 2 is 2.22 bits per heavy atom. The molecule has 0 fully saturated rings. The van der Waals surface area contributed by atoms with Crippen LogP contribution in [-0.4, -0.2) is 31.4 Å². The molecule has 4 N–H and O–H groups in total. The number of fused-ring (bicyclic) bond motifs is 1.